The predicted molar refractivity (Wildman–Crippen MR) is 131 cm³/mol. The second-order valence-electron chi connectivity index (χ2n) is 7.53. The SMILES string of the molecule is CC(=O)Oc1ccc(Cl)cc1C1=NN(C(C)=O)C(c2cccc(NC(=O)c3ccccc3Cl)c2)O1. The first-order valence-corrected chi connectivity index (χ1v) is 11.2. The zero-order valence-electron chi connectivity index (χ0n) is 18.6. The summed E-state index contributed by atoms with van der Waals surface area (Å²) in [5.74, 6) is -1.06. The van der Waals surface area contributed by atoms with E-state index in [4.69, 9.17) is 32.7 Å². The molecule has 0 radical (unpaired) electrons. The number of carbonyl (C=O) groups excluding carboxylic acids is 3. The summed E-state index contributed by atoms with van der Waals surface area (Å²) in [5, 5.41) is 8.94. The molecule has 1 aliphatic heterocycles. The van der Waals surface area contributed by atoms with Crippen molar-refractivity contribution in [3.63, 3.8) is 0 Å². The Morgan fingerprint density at radius 2 is 1.77 bits per heavy atom. The Morgan fingerprint density at radius 1 is 1.00 bits per heavy atom. The molecule has 3 aromatic rings. The molecule has 0 fully saturated rings. The number of halogens is 2. The summed E-state index contributed by atoms with van der Waals surface area (Å²) < 4.78 is 11.3. The van der Waals surface area contributed by atoms with Gasteiger partial charge >= 0.3 is 5.97 Å². The Kier molecular flexibility index (Phi) is 7.04. The van der Waals surface area contributed by atoms with E-state index >= 15 is 0 Å². The van der Waals surface area contributed by atoms with Crippen LogP contribution in [0.25, 0.3) is 0 Å². The molecule has 0 saturated carbocycles. The Bertz CT molecular complexity index is 1360. The van der Waals surface area contributed by atoms with Gasteiger partial charge < -0.3 is 14.8 Å². The van der Waals surface area contributed by atoms with Crippen molar-refractivity contribution in [2.24, 2.45) is 5.10 Å². The van der Waals surface area contributed by atoms with E-state index in [2.05, 4.69) is 10.4 Å². The number of nitrogens with one attached hydrogen (secondary N) is 1. The van der Waals surface area contributed by atoms with Crippen LogP contribution in [0, 0.1) is 0 Å². The number of hydrogen-bond acceptors (Lipinski definition) is 6. The lowest BCUT2D eigenvalue weighted by atomic mass is 10.1. The van der Waals surface area contributed by atoms with Gasteiger partial charge in [-0.25, -0.2) is 0 Å². The molecule has 1 aliphatic rings. The summed E-state index contributed by atoms with van der Waals surface area (Å²) in [5.41, 5.74) is 1.65. The molecule has 0 bridgehead atoms. The lowest BCUT2D eigenvalue weighted by Crippen LogP contribution is -2.25. The van der Waals surface area contributed by atoms with E-state index in [1.807, 2.05) is 0 Å². The fourth-order valence-corrected chi connectivity index (χ4v) is 3.81. The number of benzene rings is 3. The molecule has 1 unspecified atom stereocenters. The van der Waals surface area contributed by atoms with E-state index in [0.717, 1.165) is 5.01 Å². The minimum absolute atomic E-state index is 0.0504. The molecule has 0 saturated heterocycles. The van der Waals surface area contributed by atoms with Crippen molar-refractivity contribution in [3.8, 4) is 5.75 Å². The monoisotopic (exact) mass is 511 g/mol. The topological polar surface area (TPSA) is 97.3 Å². The summed E-state index contributed by atoms with van der Waals surface area (Å²) >= 11 is 12.3. The Labute approximate surface area is 211 Å². The molecule has 2 amide bonds. The van der Waals surface area contributed by atoms with Gasteiger partial charge in [0.1, 0.15) is 5.75 Å². The summed E-state index contributed by atoms with van der Waals surface area (Å²) in [4.78, 5) is 36.6. The molecular formula is C25H19Cl2N3O5. The zero-order chi connectivity index (χ0) is 25.1. The van der Waals surface area contributed by atoms with Crippen molar-refractivity contribution in [1.82, 2.24) is 5.01 Å². The van der Waals surface area contributed by atoms with Crippen LogP contribution in [0.4, 0.5) is 5.69 Å². The molecule has 0 aromatic heterocycles. The smallest absolute Gasteiger partial charge is 0.308 e. The maximum absolute atomic E-state index is 12.7. The number of ether oxygens (including phenoxy) is 2. The van der Waals surface area contributed by atoms with Gasteiger partial charge in [-0.05, 0) is 42.5 Å². The molecule has 1 heterocycles. The second kappa shape index (κ2) is 10.2. The van der Waals surface area contributed by atoms with Gasteiger partial charge in [0.15, 0.2) is 0 Å². The van der Waals surface area contributed by atoms with Gasteiger partial charge in [0.25, 0.3) is 5.91 Å². The molecule has 35 heavy (non-hydrogen) atoms. The molecule has 178 valence electrons. The van der Waals surface area contributed by atoms with Crippen LogP contribution in [0.15, 0.2) is 71.8 Å². The van der Waals surface area contributed by atoms with Crippen LogP contribution < -0.4 is 10.1 Å². The highest BCUT2D eigenvalue weighted by Gasteiger charge is 2.34. The van der Waals surface area contributed by atoms with Crippen LogP contribution in [-0.2, 0) is 14.3 Å². The van der Waals surface area contributed by atoms with Crippen LogP contribution in [0.3, 0.4) is 0 Å². The lowest BCUT2D eigenvalue weighted by Gasteiger charge is -2.20. The van der Waals surface area contributed by atoms with E-state index in [0.29, 0.717) is 32.4 Å². The largest absolute Gasteiger partial charge is 0.446 e. The fourth-order valence-electron chi connectivity index (χ4n) is 3.42. The average molecular weight is 512 g/mol. The first-order chi connectivity index (χ1) is 16.7. The second-order valence-corrected chi connectivity index (χ2v) is 8.38. The Morgan fingerprint density at radius 3 is 2.49 bits per heavy atom. The number of hydrazone groups is 1. The molecule has 10 heteroatoms. The third kappa shape index (κ3) is 5.45. The van der Waals surface area contributed by atoms with Crippen molar-refractivity contribution in [2.75, 3.05) is 5.32 Å². The quantitative estimate of drug-likeness (QED) is 0.364. The van der Waals surface area contributed by atoms with Crippen molar-refractivity contribution >= 4 is 52.6 Å². The van der Waals surface area contributed by atoms with Crippen molar-refractivity contribution < 1.29 is 23.9 Å². The zero-order valence-corrected chi connectivity index (χ0v) is 20.1. The average Bonchev–Trinajstić information content (AvgIpc) is 3.26. The van der Waals surface area contributed by atoms with E-state index in [-0.39, 0.29) is 23.5 Å². The molecular weight excluding hydrogens is 493 g/mol. The highest BCUT2D eigenvalue weighted by molar-refractivity contribution is 6.34. The lowest BCUT2D eigenvalue weighted by molar-refractivity contribution is -0.135. The highest BCUT2D eigenvalue weighted by Crippen LogP contribution is 2.34. The van der Waals surface area contributed by atoms with Gasteiger partial charge in [-0.3, -0.25) is 14.4 Å². The van der Waals surface area contributed by atoms with Gasteiger partial charge in [0, 0.05) is 30.1 Å². The predicted octanol–water partition coefficient (Wildman–Crippen LogP) is 5.41. The minimum atomic E-state index is -0.927. The molecule has 4 rings (SSSR count). The molecule has 0 spiro atoms. The Balaban J connectivity index is 1.63. The van der Waals surface area contributed by atoms with Crippen molar-refractivity contribution in [3.05, 3.63) is 93.5 Å². The van der Waals surface area contributed by atoms with Gasteiger partial charge in [-0.2, -0.15) is 5.01 Å². The molecule has 0 aliphatic carbocycles. The number of amides is 2. The first kappa shape index (κ1) is 24.3. The third-order valence-corrected chi connectivity index (χ3v) is 5.51. The summed E-state index contributed by atoms with van der Waals surface area (Å²) in [6, 6.07) is 18.1. The molecule has 1 N–H and O–H groups in total. The summed E-state index contributed by atoms with van der Waals surface area (Å²) in [7, 11) is 0. The van der Waals surface area contributed by atoms with E-state index < -0.39 is 12.2 Å². The van der Waals surface area contributed by atoms with Gasteiger partial charge in [-0.15, -0.1) is 5.10 Å². The first-order valence-electron chi connectivity index (χ1n) is 10.4. The number of rotatable bonds is 5. The fraction of sp³-hybridized carbons (Fsp3) is 0.120. The Hall–Kier alpha value is -3.88. The van der Waals surface area contributed by atoms with Crippen molar-refractivity contribution in [2.45, 2.75) is 20.1 Å². The van der Waals surface area contributed by atoms with Crippen LogP contribution in [0.1, 0.15) is 41.6 Å². The van der Waals surface area contributed by atoms with Crippen molar-refractivity contribution in [1.29, 1.82) is 0 Å². The molecule has 8 nitrogen and oxygen atoms in total. The van der Waals surface area contributed by atoms with Crippen LogP contribution in [-0.4, -0.2) is 28.7 Å². The maximum Gasteiger partial charge on any atom is 0.308 e. The van der Waals surface area contributed by atoms with Crippen LogP contribution in [0.5, 0.6) is 5.75 Å². The van der Waals surface area contributed by atoms with Gasteiger partial charge in [0.2, 0.25) is 18.0 Å². The standard InChI is InChI=1S/C25H19Cl2N3O5/c1-14(31)30-25(35-24(29-30)20-13-17(26)10-11-22(20)34-15(2)32)16-6-5-7-18(12-16)28-23(33)19-8-3-4-9-21(19)27/h3-13,25H,1-2H3,(H,28,33). The number of anilines is 1. The van der Waals surface area contributed by atoms with Crippen LogP contribution in [0.2, 0.25) is 10.0 Å². The van der Waals surface area contributed by atoms with E-state index in [9.17, 15) is 14.4 Å². The van der Waals surface area contributed by atoms with Gasteiger partial charge in [-0.1, -0.05) is 47.5 Å². The number of carbonyl (C=O) groups is 3. The number of nitrogens with zero attached hydrogens (tertiary/aromatic N) is 2. The third-order valence-electron chi connectivity index (χ3n) is 4.94. The summed E-state index contributed by atoms with van der Waals surface area (Å²) in [6.45, 7) is 2.61. The maximum atomic E-state index is 12.7. The highest BCUT2D eigenvalue weighted by atomic mass is 35.5. The normalized spacial score (nSPS) is 14.7. The minimum Gasteiger partial charge on any atom is -0.446 e. The van der Waals surface area contributed by atoms with E-state index in [1.54, 1.807) is 54.6 Å². The van der Waals surface area contributed by atoms with Crippen LogP contribution >= 0.6 is 23.2 Å². The molecule has 1 atom stereocenters. The number of hydrogen-bond donors (Lipinski definition) is 1. The summed E-state index contributed by atoms with van der Waals surface area (Å²) in [6.07, 6.45) is -0.927. The van der Waals surface area contributed by atoms with E-state index in [1.165, 1.54) is 26.0 Å². The van der Waals surface area contributed by atoms with Gasteiger partial charge in [0.05, 0.1) is 16.1 Å². The molecule has 3 aromatic carbocycles. The number of esters is 1.